The number of methoxy groups -OCH3 is 3. The Kier molecular flexibility index (Phi) is 10.1. The second kappa shape index (κ2) is 12.2. The molecular formula is C27H38F3NO5Si. The Morgan fingerprint density at radius 1 is 0.973 bits per heavy atom. The van der Waals surface area contributed by atoms with Crippen LogP contribution in [0.5, 0.6) is 17.2 Å². The van der Waals surface area contributed by atoms with Gasteiger partial charge in [0.15, 0.2) is 19.8 Å². The maximum Gasteiger partial charge on any atom is 0.416 e. The van der Waals surface area contributed by atoms with Crippen molar-refractivity contribution in [2.24, 2.45) is 0 Å². The summed E-state index contributed by atoms with van der Waals surface area (Å²) in [6, 6.07) is 8.27. The summed E-state index contributed by atoms with van der Waals surface area (Å²) in [7, 11) is 2.31. The van der Waals surface area contributed by atoms with E-state index < -0.39 is 31.9 Å². The van der Waals surface area contributed by atoms with E-state index in [4.69, 9.17) is 18.6 Å². The molecule has 0 fully saturated rings. The molecule has 0 aliphatic carbocycles. The molecule has 37 heavy (non-hydrogen) atoms. The predicted octanol–water partition coefficient (Wildman–Crippen LogP) is 6.66. The quantitative estimate of drug-likeness (QED) is 0.323. The molecule has 1 unspecified atom stereocenters. The second-order valence-corrected chi connectivity index (χ2v) is 15.2. The van der Waals surface area contributed by atoms with Crippen LogP contribution in [0.25, 0.3) is 0 Å². The SMILES string of the molecule is COc1cc(C(=O)NCC(CCO[Si](C)(C)C(C)(C)C)c2cccc(C(F)(F)F)c2)cc(OC)c1OC. The number of halogens is 3. The van der Waals surface area contributed by atoms with Gasteiger partial charge in [0.2, 0.25) is 5.75 Å². The van der Waals surface area contributed by atoms with Crippen LogP contribution in [0.3, 0.4) is 0 Å². The Hall–Kier alpha value is -2.72. The van der Waals surface area contributed by atoms with Gasteiger partial charge in [-0.05, 0) is 48.3 Å². The summed E-state index contributed by atoms with van der Waals surface area (Å²) in [6.45, 7) is 11.1. The zero-order chi connectivity index (χ0) is 28.0. The molecule has 1 atom stereocenters. The lowest BCUT2D eigenvalue weighted by Crippen LogP contribution is -2.41. The number of hydrogen-bond donors (Lipinski definition) is 1. The van der Waals surface area contributed by atoms with Crippen LogP contribution in [0, 0.1) is 0 Å². The summed E-state index contributed by atoms with van der Waals surface area (Å²) in [4.78, 5) is 13.0. The van der Waals surface area contributed by atoms with E-state index in [-0.39, 0.29) is 17.1 Å². The third-order valence-electron chi connectivity index (χ3n) is 6.86. The third-order valence-corrected chi connectivity index (χ3v) is 11.4. The van der Waals surface area contributed by atoms with Crippen LogP contribution in [0.15, 0.2) is 36.4 Å². The average Bonchev–Trinajstić information content (AvgIpc) is 2.83. The second-order valence-electron chi connectivity index (χ2n) is 10.3. The van der Waals surface area contributed by atoms with Gasteiger partial charge in [0, 0.05) is 24.6 Å². The van der Waals surface area contributed by atoms with Gasteiger partial charge >= 0.3 is 6.18 Å². The van der Waals surface area contributed by atoms with Crippen molar-refractivity contribution in [3.8, 4) is 17.2 Å². The Bertz CT molecular complexity index is 1040. The van der Waals surface area contributed by atoms with Crippen LogP contribution in [0.2, 0.25) is 18.1 Å². The maximum absolute atomic E-state index is 13.4. The maximum atomic E-state index is 13.4. The van der Waals surface area contributed by atoms with Gasteiger partial charge in [-0.1, -0.05) is 39.0 Å². The summed E-state index contributed by atoms with van der Waals surface area (Å²) >= 11 is 0. The summed E-state index contributed by atoms with van der Waals surface area (Å²) in [5.74, 6) is 0.194. The molecule has 6 nitrogen and oxygen atoms in total. The molecule has 0 saturated carbocycles. The van der Waals surface area contributed by atoms with Crippen molar-refractivity contribution in [1.29, 1.82) is 0 Å². The molecule has 0 radical (unpaired) electrons. The van der Waals surface area contributed by atoms with Crippen molar-refractivity contribution >= 4 is 14.2 Å². The first-order valence-electron chi connectivity index (χ1n) is 12.0. The Morgan fingerprint density at radius 3 is 2.05 bits per heavy atom. The topological polar surface area (TPSA) is 66.0 Å². The molecule has 2 rings (SSSR count). The Labute approximate surface area is 218 Å². The molecule has 0 spiro atoms. The molecule has 0 bridgehead atoms. The molecular weight excluding hydrogens is 503 g/mol. The zero-order valence-electron chi connectivity index (χ0n) is 22.8. The summed E-state index contributed by atoms with van der Waals surface area (Å²) in [5, 5.41) is 2.86. The molecule has 2 aromatic rings. The first-order chi connectivity index (χ1) is 17.1. The Morgan fingerprint density at radius 2 is 1.57 bits per heavy atom. The molecule has 0 heterocycles. The van der Waals surface area contributed by atoms with Crippen LogP contribution in [-0.2, 0) is 10.6 Å². The van der Waals surface area contributed by atoms with Crippen molar-refractivity contribution in [3.63, 3.8) is 0 Å². The van der Waals surface area contributed by atoms with Gasteiger partial charge in [-0.2, -0.15) is 13.2 Å². The van der Waals surface area contributed by atoms with E-state index in [1.807, 2.05) is 0 Å². The molecule has 10 heteroatoms. The van der Waals surface area contributed by atoms with E-state index >= 15 is 0 Å². The van der Waals surface area contributed by atoms with Crippen LogP contribution in [0.1, 0.15) is 54.6 Å². The number of amides is 1. The van der Waals surface area contributed by atoms with E-state index in [0.717, 1.165) is 12.1 Å². The van der Waals surface area contributed by atoms with Crippen molar-refractivity contribution in [3.05, 3.63) is 53.1 Å². The van der Waals surface area contributed by atoms with Crippen molar-refractivity contribution in [2.45, 2.75) is 57.4 Å². The van der Waals surface area contributed by atoms with E-state index in [0.29, 0.717) is 35.8 Å². The number of carbonyl (C=O) groups excluding carboxylic acids is 1. The lowest BCUT2D eigenvalue weighted by atomic mass is 9.94. The minimum absolute atomic E-state index is 0.000604. The van der Waals surface area contributed by atoms with Gasteiger partial charge in [-0.15, -0.1) is 0 Å². The highest BCUT2D eigenvalue weighted by atomic mass is 28.4. The molecule has 2 aromatic carbocycles. The smallest absolute Gasteiger partial charge is 0.416 e. The highest BCUT2D eigenvalue weighted by molar-refractivity contribution is 6.74. The lowest BCUT2D eigenvalue weighted by molar-refractivity contribution is -0.137. The fraction of sp³-hybridized carbons (Fsp3) is 0.519. The molecule has 0 saturated heterocycles. The minimum atomic E-state index is -4.46. The number of nitrogens with one attached hydrogen (secondary N) is 1. The fourth-order valence-electron chi connectivity index (χ4n) is 3.56. The molecule has 0 aliphatic rings. The average molecular weight is 542 g/mol. The number of alkyl halides is 3. The van der Waals surface area contributed by atoms with Crippen LogP contribution in [-0.4, -0.2) is 48.7 Å². The van der Waals surface area contributed by atoms with Gasteiger partial charge in [0.25, 0.3) is 5.91 Å². The van der Waals surface area contributed by atoms with Crippen molar-refractivity contribution in [2.75, 3.05) is 34.5 Å². The zero-order valence-corrected chi connectivity index (χ0v) is 23.8. The number of carbonyl (C=O) groups is 1. The number of rotatable bonds is 11. The summed E-state index contributed by atoms with van der Waals surface area (Å²) < 4.78 is 62.4. The fourth-order valence-corrected chi connectivity index (χ4v) is 4.62. The van der Waals surface area contributed by atoms with Gasteiger partial charge in [0.05, 0.1) is 26.9 Å². The van der Waals surface area contributed by atoms with Crippen LogP contribution >= 0.6 is 0 Å². The highest BCUT2D eigenvalue weighted by Crippen LogP contribution is 2.39. The van der Waals surface area contributed by atoms with Crippen LogP contribution in [0.4, 0.5) is 13.2 Å². The largest absolute Gasteiger partial charge is 0.493 e. The third kappa shape index (κ3) is 7.88. The Balaban J connectivity index is 2.28. The molecule has 206 valence electrons. The van der Waals surface area contributed by atoms with E-state index in [1.165, 1.54) is 39.5 Å². The van der Waals surface area contributed by atoms with Gasteiger partial charge < -0.3 is 24.0 Å². The van der Waals surface area contributed by atoms with E-state index in [1.54, 1.807) is 6.07 Å². The molecule has 0 aromatic heterocycles. The monoisotopic (exact) mass is 541 g/mol. The molecule has 1 N–H and O–H groups in total. The molecule has 0 aliphatic heterocycles. The van der Waals surface area contributed by atoms with Crippen LogP contribution < -0.4 is 19.5 Å². The standard InChI is InChI=1S/C27H38F3NO5Si/c1-26(2,3)37(7,8)36-13-12-19(18-10-9-11-21(14-18)27(28,29)30)17-31-25(32)20-15-22(33-4)24(35-6)23(16-20)34-5/h9-11,14-16,19H,12-13,17H2,1-8H3,(H,31,32). The first-order valence-corrected chi connectivity index (χ1v) is 14.9. The predicted molar refractivity (Wildman–Crippen MR) is 140 cm³/mol. The molecule has 1 amide bonds. The van der Waals surface area contributed by atoms with Gasteiger partial charge in [-0.3, -0.25) is 4.79 Å². The number of benzene rings is 2. The highest BCUT2D eigenvalue weighted by Gasteiger charge is 2.37. The minimum Gasteiger partial charge on any atom is -0.493 e. The normalized spacial score (nSPS) is 13.2. The summed E-state index contributed by atoms with van der Waals surface area (Å²) in [6.07, 6.45) is -4.01. The number of hydrogen-bond acceptors (Lipinski definition) is 5. The first kappa shape index (κ1) is 30.5. The van der Waals surface area contributed by atoms with E-state index in [9.17, 15) is 18.0 Å². The van der Waals surface area contributed by atoms with E-state index in [2.05, 4.69) is 39.2 Å². The van der Waals surface area contributed by atoms with Crippen molar-refractivity contribution in [1.82, 2.24) is 5.32 Å². The van der Waals surface area contributed by atoms with Gasteiger partial charge in [0.1, 0.15) is 0 Å². The lowest BCUT2D eigenvalue weighted by Gasteiger charge is -2.36. The number of ether oxygens (including phenoxy) is 3. The summed E-state index contributed by atoms with van der Waals surface area (Å²) in [5.41, 5.74) is 0.0323. The van der Waals surface area contributed by atoms with Gasteiger partial charge in [-0.25, -0.2) is 0 Å². The van der Waals surface area contributed by atoms with Crippen molar-refractivity contribution < 1.29 is 36.6 Å².